The van der Waals surface area contributed by atoms with E-state index >= 15 is 0 Å². The van der Waals surface area contributed by atoms with Gasteiger partial charge in [0.25, 0.3) is 0 Å². The van der Waals surface area contributed by atoms with Crippen molar-refractivity contribution in [3.05, 3.63) is 11.6 Å². The largest absolute Gasteiger partial charge is 0.468 e. The highest BCUT2D eigenvalue weighted by Gasteiger charge is 2.76. The molecule has 0 aromatic heterocycles. The molecule has 0 spiro atoms. The molecule has 35 heavy (non-hydrogen) atoms. The van der Waals surface area contributed by atoms with Gasteiger partial charge in [-0.3, -0.25) is 4.79 Å². The molecule has 1 saturated heterocycles. The van der Waals surface area contributed by atoms with Crippen molar-refractivity contribution in [1.29, 1.82) is 0 Å². The number of aliphatic hydroxyl groups is 1. The van der Waals surface area contributed by atoms with Crippen LogP contribution in [0.25, 0.3) is 0 Å². The van der Waals surface area contributed by atoms with Gasteiger partial charge >= 0.3 is 5.97 Å². The zero-order valence-corrected chi connectivity index (χ0v) is 23.4. The lowest BCUT2D eigenvalue weighted by atomic mass is 9.33. The predicted molar refractivity (Wildman–Crippen MR) is 136 cm³/mol. The maximum atomic E-state index is 13.5. The molecule has 0 radical (unpaired) electrons. The number of fused-ring (bicyclic) bond motifs is 9. The van der Waals surface area contributed by atoms with Gasteiger partial charge in [0.2, 0.25) is 0 Å². The molecule has 0 unspecified atom stereocenters. The van der Waals surface area contributed by atoms with Gasteiger partial charge < -0.3 is 14.6 Å². The molecule has 1 aliphatic heterocycles. The van der Waals surface area contributed by atoms with Crippen LogP contribution in [-0.4, -0.2) is 36.5 Å². The van der Waals surface area contributed by atoms with Crippen molar-refractivity contribution in [2.45, 2.75) is 118 Å². The first-order chi connectivity index (χ1) is 16.2. The third kappa shape index (κ3) is 2.70. The molecule has 6 aliphatic rings. The monoisotopic (exact) mass is 484 g/mol. The first kappa shape index (κ1) is 24.5. The Hall–Kier alpha value is -0.870. The number of methoxy groups -OCH3 is 1. The van der Waals surface area contributed by atoms with Crippen LogP contribution in [0.4, 0.5) is 0 Å². The SMILES string of the molecule is COC(=O)[C@@]12CC[C@]3(C)C(=CC[C@@H]4[C@@]5(C)CC[C@H](O)C(C)(C)[C@@H]5CC[C@]43C)[C@@H]1CC(C)(C)[C@H]1O[C@H]12. The average molecular weight is 485 g/mol. The van der Waals surface area contributed by atoms with Gasteiger partial charge in [0.05, 0.1) is 19.3 Å². The van der Waals surface area contributed by atoms with Crippen LogP contribution in [0, 0.1) is 50.2 Å². The van der Waals surface area contributed by atoms with Gasteiger partial charge in [0, 0.05) is 0 Å². The van der Waals surface area contributed by atoms with Crippen molar-refractivity contribution >= 4 is 5.97 Å². The van der Waals surface area contributed by atoms with Gasteiger partial charge in [-0.25, -0.2) is 0 Å². The number of carbonyl (C=O) groups is 1. The molecule has 4 heteroatoms. The van der Waals surface area contributed by atoms with Crippen LogP contribution in [0.15, 0.2) is 11.6 Å². The summed E-state index contributed by atoms with van der Waals surface area (Å²) < 4.78 is 11.8. The van der Waals surface area contributed by atoms with Gasteiger partial charge in [-0.2, -0.15) is 0 Å². The number of ether oxygens (including phenoxy) is 2. The number of rotatable bonds is 1. The molecule has 1 heterocycles. The number of esters is 1. The van der Waals surface area contributed by atoms with E-state index in [4.69, 9.17) is 9.47 Å². The number of hydrogen-bond donors (Lipinski definition) is 1. The normalized spacial score (nSPS) is 55.2. The summed E-state index contributed by atoms with van der Waals surface area (Å²) in [5, 5.41) is 10.9. The van der Waals surface area contributed by atoms with Crippen LogP contribution in [-0.2, 0) is 14.3 Å². The third-order valence-corrected chi connectivity index (χ3v) is 13.6. The minimum Gasteiger partial charge on any atom is -0.468 e. The first-order valence-corrected chi connectivity index (χ1v) is 14.3. The Morgan fingerprint density at radius 2 is 1.69 bits per heavy atom. The van der Waals surface area contributed by atoms with Crippen LogP contribution >= 0.6 is 0 Å². The number of epoxide rings is 1. The van der Waals surface area contributed by atoms with Crippen molar-refractivity contribution in [3.63, 3.8) is 0 Å². The van der Waals surface area contributed by atoms with Gasteiger partial charge in [-0.15, -0.1) is 0 Å². The van der Waals surface area contributed by atoms with Gasteiger partial charge in [0.15, 0.2) is 0 Å². The maximum Gasteiger partial charge on any atom is 0.315 e. The summed E-state index contributed by atoms with van der Waals surface area (Å²) in [5.41, 5.74) is 1.62. The van der Waals surface area contributed by atoms with Gasteiger partial charge in [0.1, 0.15) is 11.5 Å². The Morgan fingerprint density at radius 1 is 0.971 bits per heavy atom. The minimum atomic E-state index is -0.512. The van der Waals surface area contributed by atoms with Crippen LogP contribution in [0.1, 0.15) is 99.8 Å². The number of aliphatic hydroxyl groups excluding tert-OH is 1. The second-order valence-corrected chi connectivity index (χ2v) is 15.4. The molecule has 5 aliphatic carbocycles. The zero-order valence-electron chi connectivity index (χ0n) is 23.4. The van der Waals surface area contributed by atoms with Crippen molar-refractivity contribution in [1.82, 2.24) is 0 Å². The predicted octanol–water partition coefficient (Wildman–Crippen LogP) is 6.31. The molecule has 0 aromatic rings. The Morgan fingerprint density at radius 3 is 2.37 bits per heavy atom. The van der Waals surface area contributed by atoms with E-state index < -0.39 is 5.41 Å². The van der Waals surface area contributed by atoms with Gasteiger partial charge in [-0.05, 0) is 96.2 Å². The van der Waals surface area contributed by atoms with E-state index in [0.717, 1.165) is 38.5 Å². The standard InChI is InChI=1S/C31H48O4/c1-26(2)17-19-18-9-10-21-28(5)13-12-22(32)27(3,4)20(28)11-14-30(21,7)29(18,6)15-16-31(19,25(33)34-8)24-23(26)35-24/h9,19-24,32H,10-17H2,1-8H3/t19-,20-,21+,22-,23-,24+,28-,29+,30+,31-/m0/s1. The summed E-state index contributed by atoms with van der Waals surface area (Å²) >= 11 is 0. The molecule has 0 amide bonds. The molecule has 5 fully saturated rings. The Balaban J connectivity index is 1.45. The smallest absolute Gasteiger partial charge is 0.315 e. The van der Waals surface area contributed by atoms with E-state index in [9.17, 15) is 9.90 Å². The van der Waals surface area contributed by atoms with E-state index in [0.29, 0.717) is 11.8 Å². The molecule has 6 rings (SSSR count). The maximum absolute atomic E-state index is 13.5. The van der Waals surface area contributed by atoms with E-state index in [-0.39, 0.29) is 57.3 Å². The van der Waals surface area contributed by atoms with Crippen LogP contribution in [0.3, 0.4) is 0 Å². The molecule has 0 bridgehead atoms. The Labute approximate surface area is 212 Å². The van der Waals surface area contributed by atoms with Crippen LogP contribution in [0.5, 0.6) is 0 Å². The molecule has 4 saturated carbocycles. The fourth-order valence-electron chi connectivity index (χ4n) is 11.3. The highest BCUT2D eigenvalue weighted by Crippen LogP contribution is 2.77. The quantitative estimate of drug-likeness (QED) is 0.269. The molecule has 1 N–H and O–H groups in total. The van der Waals surface area contributed by atoms with Crippen molar-refractivity contribution in [2.24, 2.45) is 50.2 Å². The molecular weight excluding hydrogens is 436 g/mol. The minimum absolute atomic E-state index is 0.00793. The molecule has 0 aromatic carbocycles. The fraction of sp³-hybridized carbons (Fsp3) is 0.903. The van der Waals surface area contributed by atoms with Crippen LogP contribution < -0.4 is 0 Å². The zero-order chi connectivity index (χ0) is 25.4. The number of hydrogen-bond acceptors (Lipinski definition) is 4. The fourth-order valence-corrected chi connectivity index (χ4v) is 11.3. The summed E-state index contributed by atoms with van der Waals surface area (Å²) in [7, 11) is 1.56. The number of allylic oxidation sites excluding steroid dienone is 2. The topological polar surface area (TPSA) is 59.1 Å². The van der Waals surface area contributed by atoms with Crippen molar-refractivity contribution in [3.8, 4) is 0 Å². The van der Waals surface area contributed by atoms with Gasteiger partial charge in [-0.1, -0.05) is 60.1 Å². The van der Waals surface area contributed by atoms with E-state index in [2.05, 4.69) is 54.5 Å². The highest BCUT2D eigenvalue weighted by atomic mass is 16.6. The number of carbonyl (C=O) groups excluding carboxylic acids is 1. The van der Waals surface area contributed by atoms with E-state index in [1.807, 2.05) is 0 Å². The average Bonchev–Trinajstić information content (AvgIpc) is 3.59. The summed E-state index contributed by atoms with van der Waals surface area (Å²) in [5.74, 6) is 1.34. The molecule has 196 valence electrons. The Bertz CT molecular complexity index is 980. The van der Waals surface area contributed by atoms with Crippen molar-refractivity contribution < 1.29 is 19.4 Å². The second kappa shape index (κ2) is 6.95. The summed E-state index contributed by atoms with van der Waals surface area (Å²) in [6, 6.07) is 0. The molecular formula is C31H48O4. The van der Waals surface area contributed by atoms with E-state index in [1.54, 1.807) is 12.7 Å². The summed E-state index contributed by atoms with van der Waals surface area (Å²) in [6.45, 7) is 17.0. The highest BCUT2D eigenvalue weighted by molar-refractivity contribution is 5.80. The van der Waals surface area contributed by atoms with Crippen LogP contribution in [0.2, 0.25) is 0 Å². The third-order valence-electron chi connectivity index (χ3n) is 13.6. The lowest BCUT2D eigenvalue weighted by molar-refractivity contribution is -0.205. The molecule has 4 nitrogen and oxygen atoms in total. The molecule has 10 atom stereocenters. The Kier molecular flexibility index (Phi) is 4.86. The van der Waals surface area contributed by atoms with Crippen molar-refractivity contribution in [2.75, 3.05) is 7.11 Å². The summed E-state index contributed by atoms with van der Waals surface area (Å²) in [4.78, 5) is 13.5. The lowest BCUT2D eigenvalue weighted by Gasteiger charge is -2.71. The lowest BCUT2D eigenvalue weighted by Crippen LogP contribution is -2.65. The van der Waals surface area contributed by atoms with E-state index in [1.165, 1.54) is 12.8 Å². The first-order valence-electron chi connectivity index (χ1n) is 14.3. The second-order valence-electron chi connectivity index (χ2n) is 15.4. The summed E-state index contributed by atoms with van der Waals surface area (Å²) in [6.07, 6.45) is 11.1.